The molecule has 1 N–H and O–H groups in total. The first kappa shape index (κ1) is 133. The molecule has 0 aliphatic heterocycles. The van der Waals surface area contributed by atoms with Crippen molar-refractivity contribution >= 4 is 57.3 Å². The minimum atomic E-state index is 0. The van der Waals surface area contributed by atoms with Gasteiger partial charge >= 0.3 is 0 Å². The Bertz CT molecular complexity index is 2040. The van der Waals surface area contributed by atoms with Crippen molar-refractivity contribution in [3.8, 4) is 0 Å². The van der Waals surface area contributed by atoms with Gasteiger partial charge in [-0.2, -0.15) is 4.37 Å². The monoisotopic (exact) mass is 1660 g/mol. The molecule has 0 bridgehead atoms. The number of hydrogen-bond donors (Lipinski definition) is 1. The first-order valence-corrected chi connectivity index (χ1v) is 41.7. The van der Waals surface area contributed by atoms with Gasteiger partial charge in [-0.05, 0) is 130 Å². The van der Waals surface area contributed by atoms with Crippen LogP contribution >= 0.6 is 57.3 Å². The van der Waals surface area contributed by atoms with Crippen molar-refractivity contribution in [2.24, 2.45) is 71.0 Å². The fourth-order valence-corrected chi connectivity index (χ4v) is 3.71. The summed E-state index contributed by atoms with van der Waals surface area (Å²) in [6.45, 7) is 78.0. The summed E-state index contributed by atoms with van der Waals surface area (Å²) in [5, 5.41) is 26.0. The maximum absolute atomic E-state index is 4.47. The highest BCUT2D eigenvalue weighted by Gasteiger charge is 1.75. The molecule has 0 unspecified atom stereocenters. The van der Waals surface area contributed by atoms with E-state index in [1.165, 1.54) is 116 Å². The van der Waals surface area contributed by atoms with Crippen LogP contribution in [0.5, 0.6) is 0 Å². The third-order valence-electron chi connectivity index (χ3n) is 4.30. The summed E-state index contributed by atoms with van der Waals surface area (Å²) in [6, 6.07) is 9.40. The molecule has 0 aliphatic rings. The second kappa shape index (κ2) is 129. The molecule has 0 spiro atoms. The minimum Gasteiger partial charge on any atom is -0.452 e. The molecular weight excluding hydrogens is 1500 g/mol. The van der Waals surface area contributed by atoms with Crippen molar-refractivity contribution in [2.45, 2.75) is 257 Å². The lowest BCUT2D eigenvalue weighted by atomic mass is 10.3. The fourth-order valence-electron chi connectivity index (χ4n) is 2.19. The molecule has 12 aromatic heterocycles. The highest BCUT2D eigenvalue weighted by Crippen LogP contribution is 1.89. The Morgan fingerprint density at radius 2 is 0.696 bits per heavy atom. The van der Waals surface area contributed by atoms with Crippen LogP contribution in [0.15, 0.2) is 220 Å². The highest BCUT2D eigenvalue weighted by atomic mass is 32.1. The van der Waals surface area contributed by atoms with Crippen molar-refractivity contribution in [3.05, 3.63) is 207 Å². The van der Waals surface area contributed by atoms with Crippen LogP contribution in [0.25, 0.3) is 0 Å². The van der Waals surface area contributed by atoms with Crippen LogP contribution in [0, 0.1) is 71.0 Å². The van der Waals surface area contributed by atoms with Gasteiger partial charge in [-0.1, -0.05) is 272 Å². The van der Waals surface area contributed by atoms with Crippen LogP contribution in [-0.4, -0.2) is 104 Å². The molecular formula is C83H159N21O3S5. The van der Waals surface area contributed by atoms with E-state index in [1.807, 2.05) is 40.4 Å². The molecule has 112 heavy (non-hydrogen) atoms. The summed E-state index contributed by atoms with van der Waals surface area (Å²) in [6.07, 6.45) is 34.1. The van der Waals surface area contributed by atoms with Gasteiger partial charge in [-0.3, -0.25) is 9.97 Å². The molecule has 0 radical (unpaired) electrons. The molecule has 0 saturated carbocycles. The van der Waals surface area contributed by atoms with E-state index < -0.39 is 0 Å². The lowest BCUT2D eigenvalue weighted by Gasteiger charge is -1.79. The first-order valence-electron chi connectivity index (χ1n) is 37.3. The van der Waals surface area contributed by atoms with Crippen LogP contribution in [0.4, 0.5) is 0 Å². The molecule has 12 heterocycles. The standard InChI is InChI=1S/C5H5N.C4H4N2.12C4H10.C3H3N3.C3H4N2.C3H3NO.2C3H3NS.2C2H2N2O.3C2H2N2S.CH4/c1-2-4-6-5-3-1;1-2-5-4-6-3-1;12*1-4(2)3;1-4-2-6-3-5-1;3*1-2-5-3-4-1;1-2-4-5-3-1;1-3-4-2-5-1;1-3-2-5-4-1;1-3-4-2-5-1;1-3-2-5-4-1;1-2-5-4-3-1;/h1-5H;1-4H;12*4H,1-3H3;1-3H;1-3H,(H,4,5);3*1-3H;5*1-2H;1H4. The molecule has 24 nitrogen and oxygen atoms in total. The number of aromatic nitrogens is 21. The SMILES string of the molecule is C.CC(C)C.CC(C)C.CC(C)C.CC(C)C.CC(C)C.CC(C)C.CC(C)C.CC(C)C.CC(C)C.CC(C)C.CC(C)C.CC(C)C.c1c[nH]cn1.c1ccncc1.c1cncnc1.c1cnsc1.c1cocn1.c1cscn1.c1csnn1.c1ncncn1.c1ncon1.c1ncsn1.c1nnco1.c1nncs1. The predicted octanol–water partition coefficient (Wildman–Crippen LogP) is 27.1. The zero-order valence-corrected chi connectivity index (χ0v) is 79.4. The Morgan fingerprint density at radius 1 is 0.259 bits per heavy atom. The quantitative estimate of drug-likeness (QED) is 0.147. The van der Waals surface area contributed by atoms with E-state index in [-0.39, 0.29) is 7.43 Å². The van der Waals surface area contributed by atoms with Crippen LogP contribution in [0.2, 0.25) is 0 Å². The third-order valence-corrected chi connectivity index (χ3v) is 6.65. The molecule has 0 saturated heterocycles. The summed E-state index contributed by atoms with van der Waals surface area (Å²) in [5.74, 6) is 10.0. The minimum absolute atomic E-state index is 0. The van der Waals surface area contributed by atoms with Gasteiger partial charge in [0.25, 0.3) is 0 Å². The van der Waals surface area contributed by atoms with E-state index in [9.17, 15) is 0 Å². The molecule has 0 amide bonds. The number of rotatable bonds is 0. The van der Waals surface area contributed by atoms with Gasteiger partial charge in [-0.15, -0.1) is 48.2 Å². The molecule has 644 valence electrons. The van der Waals surface area contributed by atoms with Crippen molar-refractivity contribution in [3.63, 3.8) is 0 Å². The number of thiazole rings is 1. The second-order valence-corrected chi connectivity index (χ2v) is 32.6. The molecule has 29 heteroatoms. The number of oxazole rings is 1. The molecule has 0 aromatic carbocycles. The zero-order valence-electron chi connectivity index (χ0n) is 75.3. The first-order chi connectivity index (χ1) is 52.3. The summed E-state index contributed by atoms with van der Waals surface area (Å²) < 4.78 is 24.0. The average Bonchev–Trinajstić information content (AvgIpc) is 2.90. The van der Waals surface area contributed by atoms with Gasteiger partial charge in [0.15, 0.2) is 12.7 Å². The van der Waals surface area contributed by atoms with Gasteiger partial charge < -0.3 is 18.3 Å². The number of nitrogens with zero attached hydrogens (tertiary/aromatic N) is 20. The Labute approximate surface area is 704 Å². The van der Waals surface area contributed by atoms with Gasteiger partial charge in [0.05, 0.1) is 24.2 Å². The van der Waals surface area contributed by atoms with Crippen molar-refractivity contribution < 1.29 is 13.4 Å². The topological polar surface area (TPSA) is 313 Å². The molecule has 0 aliphatic carbocycles. The average molecular weight is 1660 g/mol. The number of nitrogens with one attached hydrogen (secondary N) is 1. The summed E-state index contributed by atoms with van der Waals surface area (Å²) >= 11 is 7.26. The van der Waals surface area contributed by atoms with E-state index in [0.29, 0.717) is 0 Å². The molecule has 12 rings (SSSR count). The normalized spacial score (nSPS) is 8.36. The number of hydrogen-bond acceptors (Lipinski definition) is 28. The van der Waals surface area contributed by atoms with Crippen LogP contribution in [0.1, 0.15) is 257 Å². The van der Waals surface area contributed by atoms with Crippen molar-refractivity contribution in [1.29, 1.82) is 0 Å². The number of H-pyrrole nitrogens is 1. The van der Waals surface area contributed by atoms with Crippen LogP contribution in [0.3, 0.4) is 0 Å². The molecule has 12 aromatic rings. The third kappa shape index (κ3) is 344. The molecule has 0 fully saturated rings. The summed E-state index contributed by atoms with van der Waals surface area (Å²) in [5.41, 5.74) is 6.83. The van der Waals surface area contributed by atoms with E-state index in [4.69, 9.17) is 0 Å². The van der Waals surface area contributed by atoms with Crippen molar-refractivity contribution in [1.82, 2.24) is 104 Å². The predicted molar refractivity (Wildman–Crippen MR) is 487 cm³/mol. The maximum atomic E-state index is 4.47. The number of aromatic amines is 1. The Balaban J connectivity index is -0.0000000831. The smallest absolute Gasteiger partial charge is 0.213 e. The number of imidazole rings is 1. The summed E-state index contributed by atoms with van der Waals surface area (Å²) in [4.78, 5) is 42.6. The van der Waals surface area contributed by atoms with Crippen LogP contribution in [-0.2, 0) is 0 Å². The van der Waals surface area contributed by atoms with E-state index in [1.54, 1.807) is 108 Å². The maximum Gasteiger partial charge on any atom is 0.213 e. The largest absolute Gasteiger partial charge is 0.452 e. The Hall–Kier alpha value is -8.12. The highest BCUT2D eigenvalue weighted by molar-refractivity contribution is 7.07. The van der Waals surface area contributed by atoms with Gasteiger partial charge in [-0.25, -0.2) is 49.2 Å². The lowest BCUT2D eigenvalue weighted by Crippen LogP contribution is -1.73. The van der Waals surface area contributed by atoms with Crippen LogP contribution < -0.4 is 0 Å². The van der Waals surface area contributed by atoms with Gasteiger partial charge in [0, 0.05) is 65.7 Å². The summed E-state index contributed by atoms with van der Waals surface area (Å²) in [7, 11) is 0. The second-order valence-electron chi connectivity index (χ2n) is 29.2. The number of pyridine rings is 1. The fraction of sp³-hybridized carbons (Fsp3) is 0.590. The lowest BCUT2D eigenvalue weighted by molar-refractivity contribution is 0.416. The van der Waals surface area contributed by atoms with E-state index >= 15 is 0 Å². The van der Waals surface area contributed by atoms with Gasteiger partial charge in [0.2, 0.25) is 19.2 Å². The van der Waals surface area contributed by atoms with Gasteiger partial charge in [0.1, 0.15) is 54.4 Å². The molecule has 0 atom stereocenters. The zero-order chi connectivity index (χ0) is 87.5. The van der Waals surface area contributed by atoms with E-state index in [0.717, 1.165) is 71.0 Å². The Kier molecular flexibility index (Phi) is 154. The Morgan fingerprint density at radius 3 is 0.804 bits per heavy atom. The van der Waals surface area contributed by atoms with Crippen molar-refractivity contribution in [2.75, 3.05) is 0 Å². The van der Waals surface area contributed by atoms with E-state index in [2.05, 4.69) is 366 Å².